The molecule has 9 nitrogen and oxygen atoms in total. The normalized spacial score (nSPS) is 17.9. The largest absolute Gasteiger partial charge is 0.455 e. The summed E-state index contributed by atoms with van der Waals surface area (Å²) in [6, 6.07) is 17.8. The van der Waals surface area contributed by atoms with Crippen LogP contribution in [0.4, 0.5) is 0 Å². The number of benzene rings is 2. The lowest BCUT2D eigenvalue weighted by Crippen LogP contribution is -2.48. The minimum absolute atomic E-state index is 0.0316. The molecule has 10 heteroatoms. The third-order valence-electron chi connectivity index (χ3n) is 8.70. The first-order chi connectivity index (χ1) is 21.4. The standard InChI is InChI=1S/C21H27N5O3.C13H10OS/c27-14-23-12-19(28)26-13-21(5-2-1-3-6-21)9-18(26)20(29)24-11-16-8-15-10-22-7-4-17(15)25-16;1-9-6-7-13-11(8-9)14-10-4-2-3-5-12(10)15-13/h4,7-8,10,14,18,25H,1-3,5-6,9,11-13H2,(H,23,27)(H,24,29);2-8H,1H3. The number of para-hydroxylation sites is 1. The molecule has 2 aromatic carbocycles. The molecule has 1 unspecified atom stereocenters. The van der Waals surface area contributed by atoms with E-state index in [1.165, 1.54) is 21.8 Å². The average molecular weight is 612 g/mol. The number of amides is 3. The van der Waals surface area contributed by atoms with Crippen LogP contribution in [-0.4, -0.2) is 52.2 Å². The zero-order valence-corrected chi connectivity index (χ0v) is 25.6. The summed E-state index contributed by atoms with van der Waals surface area (Å²) < 4.78 is 5.84. The number of aromatic nitrogens is 2. The highest BCUT2D eigenvalue weighted by Crippen LogP contribution is 2.47. The predicted octanol–water partition coefficient (Wildman–Crippen LogP) is 5.73. The molecule has 1 saturated carbocycles. The third-order valence-corrected chi connectivity index (χ3v) is 9.81. The lowest BCUT2D eigenvalue weighted by Gasteiger charge is -2.33. The molecule has 3 amide bonds. The Bertz CT molecular complexity index is 1630. The first-order valence-corrected chi connectivity index (χ1v) is 16.0. The summed E-state index contributed by atoms with van der Waals surface area (Å²) in [4.78, 5) is 47.7. The fourth-order valence-corrected chi connectivity index (χ4v) is 7.44. The molecule has 2 aliphatic heterocycles. The average Bonchev–Trinajstić information content (AvgIpc) is 3.63. The second kappa shape index (κ2) is 13.1. The van der Waals surface area contributed by atoms with Crippen LogP contribution in [0.25, 0.3) is 10.9 Å². The van der Waals surface area contributed by atoms with Gasteiger partial charge in [0.1, 0.15) is 17.5 Å². The van der Waals surface area contributed by atoms with Gasteiger partial charge in [-0.15, -0.1) is 0 Å². The maximum atomic E-state index is 13.0. The molecule has 1 aliphatic carbocycles. The van der Waals surface area contributed by atoms with Crippen LogP contribution in [0.1, 0.15) is 49.8 Å². The Morgan fingerprint density at radius 3 is 2.73 bits per heavy atom. The molecule has 7 rings (SSSR count). The van der Waals surface area contributed by atoms with Crippen molar-refractivity contribution in [2.45, 2.75) is 67.8 Å². The molecule has 3 aliphatic rings. The van der Waals surface area contributed by atoms with Crippen LogP contribution < -0.4 is 15.4 Å². The van der Waals surface area contributed by atoms with Gasteiger partial charge in [-0.05, 0) is 73.6 Å². The molecule has 3 N–H and O–H groups in total. The van der Waals surface area contributed by atoms with Crippen molar-refractivity contribution < 1.29 is 19.1 Å². The summed E-state index contributed by atoms with van der Waals surface area (Å²) >= 11 is 1.77. The van der Waals surface area contributed by atoms with Gasteiger partial charge in [0, 0.05) is 35.5 Å². The number of hydrogen-bond donors (Lipinski definition) is 3. The number of nitrogens with one attached hydrogen (secondary N) is 3. The van der Waals surface area contributed by atoms with E-state index in [0.717, 1.165) is 53.8 Å². The number of carbonyl (C=O) groups is 3. The van der Waals surface area contributed by atoms with Crippen LogP contribution in [-0.2, 0) is 20.9 Å². The second-order valence-corrected chi connectivity index (χ2v) is 13.0. The van der Waals surface area contributed by atoms with Gasteiger partial charge in [0.15, 0.2) is 0 Å². The highest BCUT2D eigenvalue weighted by molar-refractivity contribution is 7.99. The van der Waals surface area contributed by atoms with Gasteiger partial charge in [-0.3, -0.25) is 19.4 Å². The highest BCUT2D eigenvalue weighted by atomic mass is 32.2. The van der Waals surface area contributed by atoms with Gasteiger partial charge in [-0.1, -0.05) is 49.2 Å². The van der Waals surface area contributed by atoms with E-state index in [4.69, 9.17) is 4.74 Å². The number of aromatic amines is 1. The van der Waals surface area contributed by atoms with Crippen molar-refractivity contribution in [3.05, 3.63) is 78.2 Å². The first-order valence-electron chi connectivity index (χ1n) is 15.1. The lowest BCUT2D eigenvalue weighted by molar-refractivity contribution is -0.138. The Labute approximate surface area is 261 Å². The Morgan fingerprint density at radius 2 is 1.91 bits per heavy atom. The topological polar surface area (TPSA) is 116 Å². The molecule has 4 heterocycles. The maximum Gasteiger partial charge on any atom is 0.243 e. The number of aryl methyl sites for hydroxylation is 1. The molecule has 1 atom stereocenters. The van der Waals surface area contributed by atoms with E-state index in [9.17, 15) is 14.4 Å². The van der Waals surface area contributed by atoms with E-state index in [0.29, 0.717) is 25.9 Å². The molecule has 1 spiro atoms. The Kier molecular flexibility index (Phi) is 8.88. The van der Waals surface area contributed by atoms with Crippen LogP contribution in [0.15, 0.2) is 76.8 Å². The number of fused-ring (bicyclic) bond motifs is 3. The van der Waals surface area contributed by atoms with E-state index in [1.807, 2.05) is 30.3 Å². The van der Waals surface area contributed by atoms with E-state index >= 15 is 0 Å². The lowest BCUT2D eigenvalue weighted by atomic mass is 9.72. The fourth-order valence-electron chi connectivity index (χ4n) is 6.51. The summed E-state index contributed by atoms with van der Waals surface area (Å²) in [5, 5.41) is 6.42. The van der Waals surface area contributed by atoms with E-state index < -0.39 is 6.04 Å². The molecular weight excluding hydrogens is 574 g/mol. The van der Waals surface area contributed by atoms with Crippen molar-refractivity contribution in [3.8, 4) is 11.5 Å². The summed E-state index contributed by atoms with van der Waals surface area (Å²) in [6.07, 6.45) is 10.3. The molecule has 4 aromatic rings. The van der Waals surface area contributed by atoms with Gasteiger partial charge < -0.3 is 25.3 Å². The molecule has 1 saturated heterocycles. The minimum Gasteiger partial charge on any atom is -0.455 e. The number of H-pyrrole nitrogens is 1. The molecule has 2 aromatic heterocycles. The monoisotopic (exact) mass is 611 g/mol. The van der Waals surface area contributed by atoms with Crippen LogP contribution in [0.5, 0.6) is 11.5 Å². The molecule has 44 heavy (non-hydrogen) atoms. The van der Waals surface area contributed by atoms with Crippen molar-refractivity contribution in [1.29, 1.82) is 0 Å². The number of hydrogen-bond acceptors (Lipinski definition) is 6. The number of ether oxygens (including phenoxy) is 1. The SMILES string of the molecule is Cc1ccc2c(c1)Oc1ccccc1S2.O=CNCC(=O)N1CC2(CCCCC2)CC1C(=O)NCc1cc2cnccc2[nH]1. The number of likely N-dealkylation sites (tertiary alicyclic amines) is 1. The van der Waals surface area contributed by atoms with Crippen molar-refractivity contribution in [1.82, 2.24) is 25.5 Å². The summed E-state index contributed by atoms with van der Waals surface area (Å²) in [6.45, 7) is 2.97. The quantitative estimate of drug-likeness (QED) is 0.211. The van der Waals surface area contributed by atoms with Crippen molar-refractivity contribution >= 4 is 40.9 Å². The minimum atomic E-state index is -0.486. The first kappa shape index (κ1) is 29.7. The number of carbonyl (C=O) groups excluding carboxylic acids is 3. The van der Waals surface area contributed by atoms with Crippen molar-refractivity contribution in [3.63, 3.8) is 0 Å². The van der Waals surface area contributed by atoms with E-state index in [-0.39, 0.29) is 23.8 Å². The Hall–Kier alpha value is -4.31. The maximum absolute atomic E-state index is 13.0. The highest BCUT2D eigenvalue weighted by Gasteiger charge is 2.48. The smallest absolute Gasteiger partial charge is 0.243 e. The van der Waals surface area contributed by atoms with Gasteiger partial charge in [0.2, 0.25) is 18.2 Å². The molecule has 228 valence electrons. The van der Waals surface area contributed by atoms with Crippen molar-refractivity contribution in [2.75, 3.05) is 13.1 Å². The summed E-state index contributed by atoms with van der Waals surface area (Å²) in [7, 11) is 0. The second-order valence-electron chi connectivity index (χ2n) is 11.9. The number of rotatable bonds is 6. The van der Waals surface area contributed by atoms with Gasteiger partial charge in [0.05, 0.1) is 22.9 Å². The fraction of sp³-hybridized carbons (Fsp3) is 0.353. The Morgan fingerprint density at radius 1 is 1.09 bits per heavy atom. The van der Waals surface area contributed by atoms with Crippen LogP contribution in [0.3, 0.4) is 0 Å². The van der Waals surface area contributed by atoms with Gasteiger partial charge in [0.25, 0.3) is 0 Å². The van der Waals surface area contributed by atoms with E-state index in [1.54, 1.807) is 29.1 Å². The van der Waals surface area contributed by atoms with Gasteiger partial charge >= 0.3 is 0 Å². The van der Waals surface area contributed by atoms with Crippen molar-refractivity contribution in [2.24, 2.45) is 5.41 Å². The van der Waals surface area contributed by atoms with Gasteiger partial charge in [-0.2, -0.15) is 0 Å². The van der Waals surface area contributed by atoms with Crippen LogP contribution in [0.2, 0.25) is 0 Å². The summed E-state index contributed by atoms with van der Waals surface area (Å²) in [5.41, 5.74) is 3.13. The molecule has 0 radical (unpaired) electrons. The predicted molar refractivity (Wildman–Crippen MR) is 169 cm³/mol. The number of pyridine rings is 1. The molecule has 2 fully saturated rings. The molecular formula is C34H37N5O4S. The zero-order chi connectivity index (χ0) is 30.5. The number of nitrogens with zero attached hydrogens (tertiary/aromatic N) is 2. The van der Waals surface area contributed by atoms with E-state index in [2.05, 4.69) is 51.8 Å². The van der Waals surface area contributed by atoms with Crippen LogP contribution >= 0.6 is 11.8 Å². The summed E-state index contributed by atoms with van der Waals surface area (Å²) in [5.74, 6) is 1.60. The van der Waals surface area contributed by atoms with Gasteiger partial charge in [-0.25, -0.2) is 0 Å². The third kappa shape index (κ3) is 6.60. The zero-order valence-electron chi connectivity index (χ0n) is 24.8. The molecule has 0 bridgehead atoms. The van der Waals surface area contributed by atoms with Crippen LogP contribution in [0, 0.1) is 12.3 Å². The Balaban J connectivity index is 0.000000190.